The third-order valence-corrected chi connectivity index (χ3v) is 7.33. The normalized spacial score (nSPS) is 11.6. The topological polar surface area (TPSA) is 34.8 Å². The van der Waals surface area contributed by atoms with E-state index in [-0.39, 0.29) is 0 Å². The Labute approximate surface area is 202 Å². The predicted molar refractivity (Wildman–Crippen MR) is 148 cm³/mol. The maximum Gasteiger partial charge on any atom is 0.0465 e. The molecule has 2 N–H and O–H groups in total. The van der Waals surface area contributed by atoms with Crippen molar-refractivity contribution in [1.29, 1.82) is 0 Å². The number of rotatable bonds is 5. The monoisotopic (exact) mass is 449 g/mol. The quantitative estimate of drug-likeness (QED) is 0.279. The van der Waals surface area contributed by atoms with Crippen LogP contribution >= 0.6 is 0 Å². The van der Waals surface area contributed by atoms with Gasteiger partial charge in [0, 0.05) is 69.7 Å². The van der Waals surface area contributed by atoms with Crippen molar-refractivity contribution >= 4 is 27.5 Å². The molecule has 0 aliphatic carbocycles. The number of benzene rings is 3. The summed E-state index contributed by atoms with van der Waals surface area (Å²) in [5, 5.41) is 2.71. The van der Waals surface area contributed by atoms with Crippen molar-refractivity contribution in [2.75, 3.05) is 19.0 Å². The van der Waals surface area contributed by atoms with Gasteiger partial charge in [0.15, 0.2) is 0 Å². The number of H-pyrrole nitrogens is 2. The van der Waals surface area contributed by atoms with Gasteiger partial charge in [-0.3, -0.25) is 0 Å². The molecule has 0 saturated carbocycles. The molecule has 0 aliphatic heterocycles. The summed E-state index contributed by atoms with van der Waals surface area (Å²) < 4.78 is 0. The van der Waals surface area contributed by atoms with Crippen LogP contribution in [0.25, 0.3) is 44.1 Å². The number of hydrogen-bond acceptors (Lipinski definition) is 1. The Bertz CT molecular complexity index is 1530. The Morgan fingerprint density at radius 3 is 1.59 bits per heavy atom. The summed E-state index contributed by atoms with van der Waals surface area (Å²) in [5.41, 5.74) is 15.5. The lowest BCUT2D eigenvalue weighted by Crippen LogP contribution is -2.11. The number of nitrogens with zero attached hydrogens (tertiary/aromatic N) is 1. The van der Waals surface area contributed by atoms with Crippen LogP contribution in [-0.4, -0.2) is 24.1 Å². The molecule has 3 nitrogen and oxygen atoms in total. The van der Waals surface area contributed by atoms with E-state index < -0.39 is 0 Å². The summed E-state index contributed by atoms with van der Waals surface area (Å²) in [6.45, 7) is 11.2. The van der Waals surface area contributed by atoms with Crippen molar-refractivity contribution in [2.45, 2.75) is 47.5 Å². The molecule has 5 rings (SSSR count). The minimum Gasteiger partial charge on any atom is -0.377 e. The van der Waals surface area contributed by atoms with Crippen molar-refractivity contribution in [3.05, 3.63) is 76.6 Å². The van der Waals surface area contributed by atoms with E-state index in [1.165, 1.54) is 77.8 Å². The number of fused-ring (bicyclic) bond motifs is 2. The lowest BCUT2D eigenvalue weighted by atomic mass is 9.85. The predicted octanol–water partition coefficient (Wildman–Crippen LogP) is 8.10. The molecular weight excluding hydrogens is 414 g/mol. The molecule has 0 unspecified atom stereocenters. The zero-order valence-corrected chi connectivity index (χ0v) is 21.5. The lowest BCUT2D eigenvalue weighted by molar-refractivity contribution is 1.13. The van der Waals surface area contributed by atoms with Crippen LogP contribution in [0.15, 0.2) is 48.5 Å². The zero-order chi connectivity index (χ0) is 24.1. The largest absolute Gasteiger partial charge is 0.377 e. The Balaban J connectivity index is 2.00. The van der Waals surface area contributed by atoms with E-state index in [1.54, 1.807) is 0 Å². The fourth-order valence-electron chi connectivity index (χ4n) is 5.76. The summed E-state index contributed by atoms with van der Waals surface area (Å²) in [7, 11) is 4.31. The minimum atomic E-state index is 1.01. The Morgan fingerprint density at radius 1 is 0.618 bits per heavy atom. The second-order valence-corrected chi connectivity index (χ2v) is 9.68. The third kappa shape index (κ3) is 3.26. The number of aromatic amines is 2. The lowest BCUT2D eigenvalue weighted by Gasteiger charge is -2.24. The second kappa shape index (κ2) is 8.39. The van der Waals surface area contributed by atoms with E-state index in [1.807, 2.05) is 0 Å². The summed E-state index contributed by atoms with van der Waals surface area (Å²) in [5.74, 6) is 0. The highest BCUT2D eigenvalue weighted by Gasteiger charge is 2.25. The van der Waals surface area contributed by atoms with Crippen LogP contribution in [0, 0.1) is 20.8 Å². The summed E-state index contributed by atoms with van der Waals surface area (Å²) in [6, 6.07) is 17.9. The van der Waals surface area contributed by atoms with Crippen molar-refractivity contribution in [2.24, 2.45) is 0 Å². The Kier molecular flexibility index (Phi) is 5.51. The van der Waals surface area contributed by atoms with E-state index in [0.29, 0.717) is 0 Å². The van der Waals surface area contributed by atoms with Gasteiger partial charge in [-0.05, 0) is 74.1 Å². The number of nitrogens with one attached hydrogen (secondary N) is 2. The molecule has 174 valence electrons. The maximum absolute atomic E-state index is 3.71. The first-order chi connectivity index (χ1) is 16.4. The van der Waals surface area contributed by atoms with Gasteiger partial charge in [0.05, 0.1) is 0 Å². The van der Waals surface area contributed by atoms with Crippen molar-refractivity contribution < 1.29 is 0 Å². The maximum atomic E-state index is 3.71. The van der Waals surface area contributed by atoms with Crippen molar-refractivity contribution in [3.8, 4) is 22.3 Å². The van der Waals surface area contributed by atoms with E-state index in [4.69, 9.17) is 0 Å². The summed E-state index contributed by atoms with van der Waals surface area (Å²) in [6.07, 6.45) is 2.02. The van der Waals surface area contributed by atoms with Crippen molar-refractivity contribution in [1.82, 2.24) is 9.97 Å². The highest BCUT2D eigenvalue weighted by atomic mass is 15.1. The van der Waals surface area contributed by atoms with Crippen LogP contribution in [0.2, 0.25) is 0 Å². The molecule has 34 heavy (non-hydrogen) atoms. The number of aryl methyl sites for hydroxylation is 5. The van der Waals surface area contributed by atoms with Crippen LogP contribution < -0.4 is 4.90 Å². The molecular formula is C31H35N3. The molecule has 0 spiro atoms. The number of anilines is 1. The molecule has 0 radical (unpaired) electrons. The van der Waals surface area contributed by atoms with Gasteiger partial charge in [0.2, 0.25) is 0 Å². The van der Waals surface area contributed by atoms with Crippen LogP contribution in [0.4, 0.5) is 5.69 Å². The van der Waals surface area contributed by atoms with Crippen LogP contribution in [-0.2, 0) is 12.8 Å². The average molecular weight is 450 g/mol. The SMILES string of the molecule is CCc1cccc2[nH]c(C)c(-c3c(C)ccc(N(C)C)c3-c3c(C)[nH]c4cccc(CC)c34)c12. The summed E-state index contributed by atoms with van der Waals surface area (Å²) in [4.78, 5) is 9.67. The van der Waals surface area contributed by atoms with Gasteiger partial charge in [0.1, 0.15) is 0 Å². The highest BCUT2D eigenvalue weighted by Crippen LogP contribution is 2.49. The first kappa shape index (κ1) is 22.3. The van der Waals surface area contributed by atoms with Gasteiger partial charge in [-0.1, -0.05) is 44.2 Å². The Morgan fingerprint density at radius 2 is 1.12 bits per heavy atom. The molecule has 0 aliphatic rings. The number of hydrogen-bond donors (Lipinski definition) is 2. The second-order valence-electron chi connectivity index (χ2n) is 9.68. The fourth-order valence-corrected chi connectivity index (χ4v) is 5.76. The van der Waals surface area contributed by atoms with Gasteiger partial charge in [-0.25, -0.2) is 0 Å². The van der Waals surface area contributed by atoms with Crippen LogP contribution in [0.5, 0.6) is 0 Å². The van der Waals surface area contributed by atoms with Gasteiger partial charge in [-0.15, -0.1) is 0 Å². The average Bonchev–Trinajstić information content (AvgIpc) is 3.33. The first-order valence-electron chi connectivity index (χ1n) is 12.4. The third-order valence-electron chi connectivity index (χ3n) is 7.33. The molecule has 5 aromatic rings. The van der Waals surface area contributed by atoms with Gasteiger partial charge in [0.25, 0.3) is 0 Å². The van der Waals surface area contributed by atoms with Crippen LogP contribution in [0.1, 0.15) is 41.9 Å². The number of aromatic nitrogens is 2. The van der Waals surface area contributed by atoms with Crippen molar-refractivity contribution in [3.63, 3.8) is 0 Å². The highest BCUT2D eigenvalue weighted by molar-refractivity contribution is 6.11. The molecule has 0 bridgehead atoms. The molecule has 0 amide bonds. The van der Waals surface area contributed by atoms with Crippen LogP contribution in [0.3, 0.4) is 0 Å². The Hall–Kier alpha value is -3.46. The van der Waals surface area contributed by atoms with Gasteiger partial charge < -0.3 is 14.9 Å². The molecule has 2 heterocycles. The van der Waals surface area contributed by atoms with Gasteiger partial charge >= 0.3 is 0 Å². The minimum absolute atomic E-state index is 1.01. The molecule has 3 heteroatoms. The first-order valence-corrected chi connectivity index (χ1v) is 12.4. The standard InChI is InChI=1S/C31H35N3/c1-8-21-12-10-14-23-29(21)27(19(4)32-23)26-18(3)16-17-25(34(6)7)31(26)28-20(5)33-24-15-11-13-22(9-2)30(24)28/h10-17,32-33H,8-9H2,1-7H3. The molecule has 2 aromatic heterocycles. The van der Waals surface area contributed by atoms with Gasteiger partial charge in [-0.2, -0.15) is 0 Å². The van der Waals surface area contributed by atoms with E-state index in [2.05, 4.69) is 112 Å². The van der Waals surface area contributed by atoms with E-state index in [0.717, 1.165) is 12.8 Å². The zero-order valence-electron chi connectivity index (χ0n) is 21.5. The fraction of sp³-hybridized carbons (Fsp3) is 0.290. The molecule has 0 saturated heterocycles. The molecule has 0 fully saturated rings. The van der Waals surface area contributed by atoms with E-state index in [9.17, 15) is 0 Å². The summed E-state index contributed by atoms with van der Waals surface area (Å²) >= 11 is 0. The smallest absolute Gasteiger partial charge is 0.0465 e. The molecule has 0 atom stereocenters. The molecule has 3 aromatic carbocycles. The van der Waals surface area contributed by atoms with E-state index >= 15 is 0 Å².